The first-order valence-corrected chi connectivity index (χ1v) is 6.35. The largest absolute Gasteiger partial charge is 0.493 e. The Bertz CT molecular complexity index is 402. The molecule has 1 amide bonds. The van der Waals surface area contributed by atoms with Gasteiger partial charge in [-0.05, 0) is 31.4 Å². The summed E-state index contributed by atoms with van der Waals surface area (Å²) in [5.74, 6) is 1.57. The van der Waals surface area contributed by atoms with Crippen LogP contribution >= 0.6 is 0 Å². The van der Waals surface area contributed by atoms with Crippen molar-refractivity contribution in [2.45, 2.75) is 31.7 Å². The van der Waals surface area contributed by atoms with Crippen molar-refractivity contribution in [2.75, 3.05) is 13.7 Å². The molecule has 0 heterocycles. The average Bonchev–Trinajstić information content (AvgIpc) is 3.19. The van der Waals surface area contributed by atoms with Gasteiger partial charge < -0.3 is 14.8 Å². The molecule has 1 saturated carbocycles. The molecule has 0 unspecified atom stereocenters. The van der Waals surface area contributed by atoms with Crippen LogP contribution in [-0.4, -0.2) is 25.7 Å². The van der Waals surface area contributed by atoms with Gasteiger partial charge in [-0.1, -0.05) is 12.1 Å². The molecule has 18 heavy (non-hydrogen) atoms. The first-order valence-electron chi connectivity index (χ1n) is 6.35. The SMILES string of the molecule is COc1ccccc1OCCCC(=O)NC1CC1. The fraction of sp³-hybridized carbons (Fsp3) is 0.500. The van der Waals surface area contributed by atoms with Gasteiger partial charge in [-0.3, -0.25) is 4.79 Å². The van der Waals surface area contributed by atoms with E-state index in [-0.39, 0.29) is 5.91 Å². The minimum atomic E-state index is 0.126. The van der Waals surface area contributed by atoms with Crippen molar-refractivity contribution in [3.63, 3.8) is 0 Å². The third kappa shape index (κ3) is 3.95. The van der Waals surface area contributed by atoms with E-state index in [1.807, 2.05) is 24.3 Å². The van der Waals surface area contributed by atoms with Crippen LogP contribution in [0.4, 0.5) is 0 Å². The van der Waals surface area contributed by atoms with Gasteiger partial charge in [0.1, 0.15) is 0 Å². The number of hydrogen-bond acceptors (Lipinski definition) is 3. The maximum Gasteiger partial charge on any atom is 0.220 e. The Balaban J connectivity index is 1.66. The summed E-state index contributed by atoms with van der Waals surface area (Å²) in [7, 11) is 1.62. The summed E-state index contributed by atoms with van der Waals surface area (Å²) in [5, 5.41) is 2.96. The maximum absolute atomic E-state index is 11.4. The van der Waals surface area contributed by atoms with E-state index in [2.05, 4.69) is 5.32 Å². The number of para-hydroxylation sites is 2. The molecule has 1 aromatic carbocycles. The Hall–Kier alpha value is -1.71. The van der Waals surface area contributed by atoms with Gasteiger partial charge >= 0.3 is 0 Å². The zero-order valence-electron chi connectivity index (χ0n) is 10.6. The van der Waals surface area contributed by atoms with Crippen LogP contribution in [0.3, 0.4) is 0 Å². The quantitative estimate of drug-likeness (QED) is 0.753. The van der Waals surface area contributed by atoms with E-state index in [1.54, 1.807) is 7.11 Å². The van der Waals surface area contributed by atoms with Gasteiger partial charge in [-0.15, -0.1) is 0 Å². The van der Waals surface area contributed by atoms with Crippen LogP contribution < -0.4 is 14.8 Å². The Labute approximate surface area is 107 Å². The number of carbonyl (C=O) groups excluding carboxylic acids is 1. The molecule has 4 heteroatoms. The fourth-order valence-corrected chi connectivity index (χ4v) is 1.68. The van der Waals surface area contributed by atoms with Crippen molar-refractivity contribution in [2.24, 2.45) is 0 Å². The molecule has 0 atom stereocenters. The minimum absolute atomic E-state index is 0.126. The molecule has 1 fully saturated rings. The fourth-order valence-electron chi connectivity index (χ4n) is 1.68. The lowest BCUT2D eigenvalue weighted by molar-refractivity contribution is -0.121. The predicted octanol–water partition coefficient (Wildman–Crippen LogP) is 2.13. The lowest BCUT2D eigenvalue weighted by Crippen LogP contribution is -2.25. The number of rotatable bonds is 7. The van der Waals surface area contributed by atoms with Gasteiger partial charge in [0.15, 0.2) is 11.5 Å². The highest BCUT2D eigenvalue weighted by Crippen LogP contribution is 2.25. The van der Waals surface area contributed by atoms with Crippen LogP contribution in [0.1, 0.15) is 25.7 Å². The lowest BCUT2D eigenvalue weighted by atomic mass is 10.3. The van der Waals surface area contributed by atoms with E-state index in [0.29, 0.717) is 19.1 Å². The monoisotopic (exact) mass is 249 g/mol. The Kier molecular flexibility index (Phi) is 4.45. The minimum Gasteiger partial charge on any atom is -0.493 e. The van der Waals surface area contributed by atoms with E-state index in [9.17, 15) is 4.79 Å². The molecule has 4 nitrogen and oxygen atoms in total. The molecule has 0 bridgehead atoms. The Morgan fingerprint density at radius 1 is 1.33 bits per heavy atom. The number of ether oxygens (including phenoxy) is 2. The zero-order valence-corrected chi connectivity index (χ0v) is 10.6. The number of carbonyl (C=O) groups is 1. The van der Waals surface area contributed by atoms with Crippen LogP contribution in [0.2, 0.25) is 0 Å². The van der Waals surface area contributed by atoms with Gasteiger partial charge in [0.2, 0.25) is 5.91 Å². The van der Waals surface area contributed by atoms with Crippen molar-refractivity contribution < 1.29 is 14.3 Å². The van der Waals surface area contributed by atoms with Crippen molar-refractivity contribution in [1.82, 2.24) is 5.32 Å². The van der Waals surface area contributed by atoms with Crippen molar-refractivity contribution in [3.05, 3.63) is 24.3 Å². The normalized spacial score (nSPS) is 14.1. The molecule has 1 N–H and O–H groups in total. The number of amides is 1. The van der Waals surface area contributed by atoms with Gasteiger partial charge in [0.25, 0.3) is 0 Å². The standard InChI is InChI=1S/C14H19NO3/c1-17-12-5-2-3-6-13(12)18-10-4-7-14(16)15-11-8-9-11/h2-3,5-6,11H,4,7-10H2,1H3,(H,15,16). The topological polar surface area (TPSA) is 47.6 Å². The number of methoxy groups -OCH3 is 1. The van der Waals surface area contributed by atoms with E-state index in [4.69, 9.17) is 9.47 Å². The third-order valence-corrected chi connectivity index (χ3v) is 2.82. The molecule has 1 aliphatic rings. The van der Waals surface area contributed by atoms with Crippen molar-refractivity contribution in [3.8, 4) is 11.5 Å². The van der Waals surface area contributed by atoms with E-state index < -0.39 is 0 Å². The van der Waals surface area contributed by atoms with Crippen molar-refractivity contribution >= 4 is 5.91 Å². The van der Waals surface area contributed by atoms with E-state index in [0.717, 1.165) is 30.8 Å². The molecule has 1 aliphatic carbocycles. The molecular weight excluding hydrogens is 230 g/mol. The summed E-state index contributed by atoms with van der Waals surface area (Å²) in [6, 6.07) is 7.96. The highest BCUT2D eigenvalue weighted by atomic mass is 16.5. The molecule has 0 spiro atoms. The van der Waals surface area contributed by atoms with E-state index >= 15 is 0 Å². The predicted molar refractivity (Wildman–Crippen MR) is 68.9 cm³/mol. The van der Waals surface area contributed by atoms with Crippen LogP contribution in [0.15, 0.2) is 24.3 Å². The number of benzene rings is 1. The van der Waals surface area contributed by atoms with Crippen LogP contribution in [0.25, 0.3) is 0 Å². The van der Waals surface area contributed by atoms with E-state index in [1.165, 1.54) is 0 Å². The summed E-state index contributed by atoms with van der Waals surface area (Å²) in [4.78, 5) is 11.4. The highest BCUT2D eigenvalue weighted by Gasteiger charge is 2.22. The lowest BCUT2D eigenvalue weighted by Gasteiger charge is -2.10. The second-order valence-corrected chi connectivity index (χ2v) is 4.44. The maximum atomic E-state index is 11.4. The highest BCUT2D eigenvalue weighted by molar-refractivity contribution is 5.76. The molecular formula is C14H19NO3. The summed E-state index contributed by atoms with van der Waals surface area (Å²) in [5.41, 5.74) is 0. The first kappa shape index (κ1) is 12.7. The van der Waals surface area contributed by atoms with Crippen molar-refractivity contribution in [1.29, 1.82) is 0 Å². The molecule has 98 valence electrons. The number of hydrogen-bond donors (Lipinski definition) is 1. The third-order valence-electron chi connectivity index (χ3n) is 2.82. The molecule has 0 aromatic heterocycles. The van der Waals surface area contributed by atoms with Gasteiger partial charge in [0.05, 0.1) is 13.7 Å². The first-order chi connectivity index (χ1) is 8.79. The average molecular weight is 249 g/mol. The van der Waals surface area contributed by atoms with Gasteiger partial charge in [-0.25, -0.2) is 0 Å². The molecule has 1 aromatic rings. The molecule has 2 rings (SSSR count). The summed E-state index contributed by atoms with van der Waals surface area (Å²) in [6.45, 7) is 0.526. The Morgan fingerprint density at radius 2 is 2.06 bits per heavy atom. The smallest absolute Gasteiger partial charge is 0.220 e. The van der Waals surface area contributed by atoms with Crippen LogP contribution in [0, 0.1) is 0 Å². The Morgan fingerprint density at radius 3 is 2.72 bits per heavy atom. The summed E-state index contributed by atoms with van der Waals surface area (Å²) in [6.07, 6.45) is 3.50. The number of nitrogens with one attached hydrogen (secondary N) is 1. The second-order valence-electron chi connectivity index (χ2n) is 4.44. The summed E-state index contributed by atoms with van der Waals surface area (Å²) < 4.78 is 10.8. The molecule has 0 saturated heterocycles. The second kappa shape index (κ2) is 6.28. The van der Waals surface area contributed by atoms with Gasteiger partial charge in [0, 0.05) is 12.5 Å². The van der Waals surface area contributed by atoms with Gasteiger partial charge in [-0.2, -0.15) is 0 Å². The zero-order chi connectivity index (χ0) is 12.8. The van der Waals surface area contributed by atoms with Crippen LogP contribution in [-0.2, 0) is 4.79 Å². The summed E-state index contributed by atoms with van der Waals surface area (Å²) >= 11 is 0. The molecule has 0 radical (unpaired) electrons. The van der Waals surface area contributed by atoms with Crippen LogP contribution in [0.5, 0.6) is 11.5 Å². The molecule has 0 aliphatic heterocycles.